The number of ether oxygens (including phenoxy) is 2. The smallest absolute Gasteiger partial charge is 0.309 e. The Balaban J connectivity index is 1.50. The third kappa shape index (κ3) is 3.94. The van der Waals surface area contributed by atoms with E-state index >= 15 is 0 Å². The fourth-order valence-corrected chi connectivity index (χ4v) is 2.69. The summed E-state index contributed by atoms with van der Waals surface area (Å²) in [5.41, 5.74) is 2.40. The molecule has 3 aromatic rings. The van der Waals surface area contributed by atoms with Gasteiger partial charge in [0.15, 0.2) is 12.4 Å². The van der Waals surface area contributed by atoms with Crippen molar-refractivity contribution in [1.29, 1.82) is 0 Å². The monoisotopic (exact) mass is 352 g/mol. The molecule has 0 saturated carbocycles. The molecule has 0 atom stereocenters. The van der Waals surface area contributed by atoms with Gasteiger partial charge >= 0.3 is 5.97 Å². The Morgan fingerprint density at radius 3 is 2.50 bits per heavy atom. The van der Waals surface area contributed by atoms with E-state index in [1.54, 1.807) is 6.07 Å². The molecule has 1 aromatic heterocycles. The number of hydrogen-bond donors (Lipinski definition) is 0. The Morgan fingerprint density at radius 1 is 1.00 bits per heavy atom. The lowest BCUT2D eigenvalue weighted by molar-refractivity contribution is -0.143. The van der Waals surface area contributed by atoms with Gasteiger partial charge in [0.1, 0.15) is 11.3 Å². The van der Waals surface area contributed by atoms with Crippen LogP contribution in [0.15, 0.2) is 52.9 Å². The number of rotatable bonds is 7. The number of para-hydroxylation sites is 2. The lowest BCUT2D eigenvalue weighted by Crippen LogP contribution is -2.16. The lowest BCUT2D eigenvalue weighted by atomic mass is 10.1. The molecule has 0 aliphatic carbocycles. The molecule has 134 valence electrons. The molecule has 0 unspecified atom stereocenters. The van der Waals surface area contributed by atoms with Crippen LogP contribution in [0.5, 0.6) is 5.75 Å². The minimum Gasteiger partial charge on any atom is -0.493 e. The van der Waals surface area contributed by atoms with Gasteiger partial charge in [0.25, 0.3) is 0 Å². The Bertz CT molecular complexity index is 938. The predicted molar refractivity (Wildman–Crippen MR) is 97.5 cm³/mol. The minimum atomic E-state index is -0.485. The molecule has 2 aromatic carbocycles. The van der Waals surface area contributed by atoms with Crippen molar-refractivity contribution in [3.05, 3.63) is 65.4 Å². The average molecular weight is 352 g/mol. The van der Waals surface area contributed by atoms with Crippen molar-refractivity contribution < 1.29 is 23.5 Å². The fourth-order valence-electron chi connectivity index (χ4n) is 2.69. The molecule has 5 nitrogen and oxygen atoms in total. The first-order chi connectivity index (χ1) is 12.6. The van der Waals surface area contributed by atoms with Crippen LogP contribution in [0.4, 0.5) is 0 Å². The number of Topliss-reactive ketones (excluding diaryl/α,β-unsaturated/α-hetero) is 1. The number of furan rings is 1. The molecule has 0 radical (unpaired) electrons. The summed E-state index contributed by atoms with van der Waals surface area (Å²) in [7, 11) is 0. The number of carbonyl (C=O) groups excluding carboxylic acids is 2. The molecule has 5 heteroatoms. The number of benzene rings is 2. The summed E-state index contributed by atoms with van der Waals surface area (Å²) in [6.45, 7) is 3.60. The van der Waals surface area contributed by atoms with E-state index in [1.165, 1.54) is 0 Å². The Hall–Kier alpha value is -3.08. The van der Waals surface area contributed by atoms with Crippen LogP contribution in [0.25, 0.3) is 11.0 Å². The van der Waals surface area contributed by atoms with Crippen LogP contribution in [-0.4, -0.2) is 25.0 Å². The van der Waals surface area contributed by atoms with Gasteiger partial charge in [-0.25, -0.2) is 0 Å². The van der Waals surface area contributed by atoms with E-state index in [4.69, 9.17) is 13.9 Å². The van der Waals surface area contributed by atoms with E-state index in [1.807, 2.05) is 56.3 Å². The number of ketones is 1. The SMILES string of the molecule is Cc1ccccc1OCCC(=O)OCC(=O)c1oc2ccccc2c1C. The van der Waals surface area contributed by atoms with Gasteiger partial charge < -0.3 is 13.9 Å². The first-order valence-corrected chi connectivity index (χ1v) is 8.41. The summed E-state index contributed by atoms with van der Waals surface area (Å²) >= 11 is 0. The minimum absolute atomic E-state index is 0.0702. The van der Waals surface area contributed by atoms with Crippen molar-refractivity contribution in [2.45, 2.75) is 20.3 Å². The molecule has 0 bridgehead atoms. The first kappa shape index (κ1) is 17.7. The van der Waals surface area contributed by atoms with E-state index < -0.39 is 5.97 Å². The van der Waals surface area contributed by atoms with Crippen molar-refractivity contribution in [2.75, 3.05) is 13.2 Å². The van der Waals surface area contributed by atoms with Gasteiger partial charge in [-0.05, 0) is 31.5 Å². The zero-order valence-electron chi connectivity index (χ0n) is 14.8. The Labute approximate surface area is 151 Å². The summed E-state index contributed by atoms with van der Waals surface area (Å²) < 4.78 is 16.2. The van der Waals surface area contributed by atoms with Gasteiger partial charge in [-0.2, -0.15) is 0 Å². The van der Waals surface area contributed by atoms with E-state index in [0.717, 1.165) is 22.3 Å². The second-order valence-corrected chi connectivity index (χ2v) is 6.00. The molecule has 0 amide bonds. The standard InChI is InChI=1S/C21H20O5/c1-14-7-3-5-9-18(14)24-12-11-20(23)25-13-17(22)21-15(2)16-8-4-6-10-19(16)26-21/h3-10H,11-13H2,1-2H3. The topological polar surface area (TPSA) is 65.7 Å². The Kier molecular flexibility index (Phi) is 5.37. The van der Waals surface area contributed by atoms with Crippen LogP contribution in [0, 0.1) is 13.8 Å². The quantitative estimate of drug-likeness (QED) is 0.470. The number of esters is 1. The molecular formula is C21H20O5. The molecule has 0 aliphatic heterocycles. The highest BCUT2D eigenvalue weighted by Gasteiger charge is 2.18. The highest BCUT2D eigenvalue weighted by atomic mass is 16.5. The van der Waals surface area contributed by atoms with Crippen molar-refractivity contribution in [2.24, 2.45) is 0 Å². The van der Waals surface area contributed by atoms with Crippen LogP contribution < -0.4 is 4.74 Å². The number of carbonyl (C=O) groups is 2. The van der Waals surface area contributed by atoms with Crippen LogP contribution in [0.1, 0.15) is 28.1 Å². The molecular weight excluding hydrogens is 332 g/mol. The molecule has 0 saturated heterocycles. The zero-order valence-corrected chi connectivity index (χ0v) is 14.8. The molecule has 0 spiro atoms. The largest absolute Gasteiger partial charge is 0.493 e. The second-order valence-electron chi connectivity index (χ2n) is 6.00. The Morgan fingerprint density at radius 2 is 1.73 bits per heavy atom. The summed E-state index contributed by atoms with van der Waals surface area (Å²) in [5, 5.41) is 0.883. The van der Waals surface area contributed by atoms with Crippen LogP contribution in [0.3, 0.4) is 0 Å². The fraction of sp³-hybridized carbons (Fsp3) is 0.238. The van der Waals surface area contributed by atoms with Crippen LogP contribution >= 0.6 is 0 Å². The van der Waals surface area contributed by atoms with E-state index in [9.17, 15) is 9.59 Å². The lowest BCUT2D eigenvalue weighted by Gasteiger charge is -2.08. The maximum absolute atomic E-state index is 12.3. The summed E-state index contributed by atoms with van der Waals surface area (Å²) in [5.74, 6) is 0.122. The van der Waals surface area contributed by atoms with E-state index in [2.05, 4.69) is 0 Å². The highest BCUT2D eigenvalue weighted by Crippen LogP contribution is 2.25. The van der Waals surface area contributed by atoms with Crippen LogP contribution in [-0.2, 0) is 9.53 Å². The average Bonchev–Trinajstić information content (AvgIpc) is 2.98. The maximum Gasteiger partial charge on any atom is 0.309 e. The summed E-state index contributed by atoms with van der Waals surface area (Å²) in [6, 6.07) is 15.0. The maximum atomic E-state index is 12.3. The third-order valence-corrected chi connectivity index (χ3v) is 4.12. The van der Waals surface area contributed by atoms with E-state index in [-0.39, 0.29) is 31.2 Å². The predicted octanol–water partition coefficient (Wildman–Crippen LogP) is 4.24. The van der Waals surface area contributed by atoms with Gasteiger partial charge in [-0.3, -0.25) is 9.59 Å². The zero-order chi connectivity index (χ0) is 18.5. The second kappa shape index (κ2) is 7.87. The van der Waals surface area contributed by atoms with Gasteiger partial charge in [0.2, 0.25) is 5.78 Å². The highest BCUT2D eigenvalue weighted by molar-refractivity contribution is 6.01. The van der Waals surface area contributed by atoms with Crippen molar-refractivity contribution >= 4 is 22.7 Å². The van der Waals surface area contributed by atoms with Gasteiger partial charge in [0.05, 0.1) is 13.0 Å². The van der Waals surface area contributed by atoms with Crippen LogP contribution in [0.2, 0.25) is 0 Å². The summed E-state index contributed by atoms with van der Waals surface area (Å²) in [6.07, 6.45) is 0.0702. The third-order valence-electron chi connectivity index (χ3n) is 4.12. The summed E-state index contributed by atoms with van der Waals surface area (Å²) in [4.78, 5) is 24.1. The number of aryl methyl sites for hydroxylation is 2. The van der Waals surface area contributed by atoms with Crippen molar-refractivity contribution in [3.8, 4) is 5.75 Å². The van der Waals surface area contributed by atoms with Crippen molar-refractivity contribution in [3.63, 3.8) is 0 Å². The van der Waals surface area contributed by atoms with Gasteiger partial charge in [-0.1, -0.05) is 36.4 Å². The normalized spacial score (nSPS) is 10.7. The van der Waals surface area contributed by atoms with Gasteiger partial charge in [-0.15, -0.1) is 0 Å². The molecule has 0 fully saturated rings. The van der Waals surface area contributed by atoms with E-state index in [0.29, 0.717) is 5.58 Å². The van der Waals surface area contributed by atoms with Crippen molar-refractivity contribution in [1.82, 2.24) is 0 Å². The number of hydrogen-bond acceptors (Lipinski definition) is 5. The first-order valence-electron chi connectivity index (χ1n) is 8.41. The molecule has 1 heterocycles. The number of fused-ring (bicyclic) bond motifs is 1. The van der Waals surface area contributed by atoms with Gasteiger partial charge in [0, 0.05) is 10.9 Å². The molecule has 0 N–H and O–H groups in total. The molecule has 26 heavy (non-hydrogen) atoms. The molecule has 3 rings (SSSR count). The molecule has 0 aliphatic rings.